The van der Waals surface area contributed by atoms with Gasteiger partial charge >= 0.3 is 0 Å². The molecule has 184 valence electrons. The van der Waals surface area contributed by atoms with Gasteiger partial charge in [-0.25, -0.2) is 4.98 Å². The highest BCUT2D eigenvalue weighted by Crippen LogP contribution is 2.65. The summed E-state index contributed by atoms with van der Waals surface area (Å²) in [4.78, 5) is 16.9. The van der Waals surface area contributed by atoms with Gasteiger partial charge in [0.15, 0.2) is 0 Å². The van der Waals surface area contributed by atoms with Crippen molar-refractivity contribution < 1.29 is 13.6 Å². The van der Waals surface area contributed by atoms with Crippen LogP contribution in [0.3, 0.4) is 0 Å². The first kappa shape index (κ1) is 25.7. The second-order valence-corrected chi connectivity index (χ2v) is 11.2. The maximum absolute atomic E-state index is 13.5. The minimum atomic E-state index is -3.05. The maximum atomic E-state index is 13.5. The largest absolute Gasteiger partial charge is 0.399 e. The molecule has 1 saturated carbocycles. The SMILES string of the molecule is C=C(Nc1cc(NC(=O)C2C(c3cc(C)cc(N)c3)C2(Cl)Cl)ccc1Cl)c1nc(C(C)(F)F)cs1. The minimum Gasteiger partial charge on any atom is -0.399 e. The summed E-state index contributed by atoms with van der Waals surface area (Å²) < 4.78 is 25.7. The topological polar surface area (TPSA) is 80.0 Å². The van der Waals surface area contributed by atoms with Crippen molar-refractivity contribution >= 4 is 74.8 Å². The van der Waals surface area contributed by atoms with Crippen LogP contribution in [0.2, 0.25) is 5.02 Å². The average Bonchev–Trinajstić information content (AvgIpc) is 3.08. The summed E-state index contributed by atoms with van der Waals surface area (Å²) in [6.07, 6.45) is 0. The Hall–Kier alpha value is -2.39. The number of hydrogen-bond donors (Lipinski definition) is 3. The number of aryl methyl sites for hydroxylation is 1. The van der Waals surface area contributed by atoms with Gasteiger partial charge in [0.05, 0.1) is 22.3 Å². The molecule has 0 spiro atoms. The van der Waals surface area contributed by atoms with Gasteiger partial charge in [0.25, 0.3) is 5.92 Å². The Balaban J connectivity index is 1.48. The molecule has 1 heterocycles. The first-order valence-electron chi connectivity index (χ1n) is 10.4. The molecule has 2 atom stereocenters. The van der Waals surface area contributed by atoms with Crippen LogP contribution in [-0.4, -0.2) is 15.2 Å². The van der Waals surface area contributed by atoms with E-state index >= 15 is 0 Å². The molecule has 1 aliphatic carbocycles. The van der Waals surface area contributed by atoms with E-state index in [0.29, 0.717) is 27.1 Å². The van der Waals surface area contributed by atoms with E-state index in [0.717, 1.165) is 29.4 Å². The fourth-order valence-corrected chi connectivity index (χ4v) is 5.66. The highest BCUT2D eigenvalue weighted by molar-refractivity contribution is 7.10. The first-order valence-corrected chi connectivity index (χ1v) is 12.4. The van der Waals surface area contributed by atoms with Crippen LogP contribution in [0.15, 0.2) is 48.4 Å². The lowest BCUT2D eigenvalue weighted by Crippen LogP contribution is -2.17. The Morgan fingerprint density at radius 2 is 1.94 bits per heavy atom. The molecule has 0 bridgehead atoms. The maximum Gasteiger partial charge on any atom is 0.287 e. The van der Waals surface area contributed by atoms with Crippen molar-refractivity contribution in [2.75, 3.05) is 16.4 Å². The summed E-state index contributed by atoms with van der Waals surface area (Å²) in [6.45, 7) is 6.54. The van der Waals surface area contributed by atoms with E-state index in [2.05, 4.69) is 22.2 Å². The van der Waals surface area contributed by atoms with Gasteiger partial charge in [-0.2, -0.15) is 8.78 Å². The summed E-state index contributed by atoms with van der Waals surface area (Å²) in [6, 6.07) is 10.3. The van der Waals surface area contributed by atoms with E-state index in [1.165, 1.54) is 5.38 Å². The van der Waals surface area contributed by atoms with Gasteiger partial charge in [-0.1, -0.05) is 24.2 Å². The zero-order valence-electron chi connectivity index (χ0n) is 18.6. The van der Waals surface area contributed by atoms with E-state index in [1.807, 2.05) is 19.1 Å². The third-order valence-electron chi connectivity index (χ3n) is 5.55. The monoisotopic (exact) mass is 556 g/mol. The van der Waals surface area contributed by atoms with Gasteiger partial charge in [0, 0.05) is 29.6 Å². The molecule has 3 aromatic rings. The highest BCUT2D eigenvalue weighted by atomic mass is 35.5. The molecule has 0 aliphatic heterocycles. The fraction of sp³-hybridized carbons (Fsp3) is 0.250. The number of nitrogens with two attached hydrogens (primary N) is 1. The number of thiazole rings is 1. The van der Waals surface area contributed by atoms with Crippen molar-refractivity contribution in [1.29, 1.82) is 0 Å². The summed E-state index contributed by atoms with van der Waals surface area (Å²) >= 11 is 20.2. The van der Waals surface area contributed by atoms with E-state index < -0.39 is 22.1 Å². The number of alkyl halides is 4. The Bertz CT molecular complexity index is 1300. The number of aromatic nitrogens is 1. The van der Waals surface area contributed by atoms with Gasteiger partial charge in [-0.3, -0.25) is 4.79 Å². The number of nitrogens with zero attached hydrogens (tertiary/aromatic N) is 1. The number of amides is 1. The van der Waals surface area contributed by atoms with Crippen molar-refractivity contribution in [3.8, 4) is 0 Å². The van der Waals surface area contributed by atoms with Gasteiger partial charge in [-0.15, -0.1) is 34.5 Å². The van der Waals surface area contributed by atoms with Crippen LogP contribution in [0.4, 0.5) is 25.8 Å². The number of anilines is 3. The molecular formula is C24H21Cl3F2N4OS. The molecule has 4 N–H and O–H groups in total. The molecule has 1 fully saturated rings. The third-order valence-corrected chi connectivity index (χ3v) is 7.72. The minimum absolute atomic E-state index is 0.288. The van der Waals surface area contributed by atoms with Gasteiger partial charge in [0.2, 0.25) is 5.91 Å². The van der Waals surface area contributed by atoms with Crippen molar-refractivity contribution in [2.24, 2.45) is 5.92 Å². The van der Waals surface area contributed by atoms with Crippen LogP contribution in [0, 0.1) is 12.8 Å². The van der Waals surface area contributed by atoms with Crippen LogP contribution in [0.25, 0.3) is 5.70 Å². The lowest BCUT2D eigenvalue weighted by molar-refractivity contribution is -0.117. The number of rotatable bonds is 7. The molecule has 35 heavy (non-hydrogen) atoms. The van der Waals surface area contributed by atoms with Crippen LogP contribution in [0.5, 0.6) is 0 Å². The molecule has 2 aromatic carbocycles. The summed E-state index contributed by atoms with van der Waals surface area (Å²) in [5.74, 6) is -4.50. The Morgan fingerprint density at radius 3 is 2.57 bits per heavy atom. The molecule has 5 nitrogen and oxygen atoms in total. The molecular weight excluding hydrogens is 537 g/mol. The quantitative estimate of drug-likeness (QED) is 0.209. The zero-order chi connectivity index (χ0) is 25.7. The Morgan fingerprint density at radius 1 is 1.23 bits per heavy atom. The fourth-order valence-electron chi connectivity index (χ4n) is 3.84. The van der Waals surface area contributed by atoms with Crippen molar-refractivity contribution in [3.63, 3.8) is 0 Å². The second-order valence-electron chi connectivity index (χ2n) is 8.52. The van der Waals surface area contributed by atoms with Crippen LogP contribution < -0.4 is 16.4 Å². The van der Waals surface area contributed by atoms with Gasteiger partial charge in [-0.05, 0) is 48.4 Å². The first-order chi connectivity index (χ1) is 16.3. The number of nitrogen functional groups attached to an aromatic ring is 1. The highest BCUT2D eigenvalue weighted by Gasteiger charge is 2.67. The second kappa shape index (κ2) is 9.24. The normalized spacial score (nSPS) is 18.7. The molecule has 11 heteroatoms. The molecule has 1 aromatic heterocycles. The standard InChI is InChI=1S/C24H21Cl3F2N4OS/c1-11-6-13(8-14(30)7-11)19-20(24(19,26)27)21(34)32-15-4-5-16(25)17(9-15)31-12(2)22-33-18(10-35-22)23(3,28)29/h4-10,19-20,31H,2,30H2,1,3H3,(H,32,34). The Kier molecular flexibility index (Phi) is 6.79. The predicted octanol–water partition coefficient (Wildman–Crippen LogP) is 7.41. The summed E-state index contributed by atoms with van der Waals surface area (Å²) in [7, 11) is 0. The average molecular weight is 558 g/mol. The van der Waals surface area contributed by atoms with E-state index in [9.17, 15) is 13.6 Å². The van der Waals surface area contributed by atoms with Crippen molar-refractivity contribution in [2.45, 2.75) is 30.0 Å². The molecule has 0 saturated heterocycles. The Labute approximate surface area is 220 Å². The van der Waals surface area contributed by atoms with Crippen molar-refractivity contribution in [3.05, 3.63) is 75.2 Å². The smallest absolute Gasteiger partial charge is 0.287 e. The number of hydrogen-bond acceptors (Lipinski definition) is 5. The van der Waals surface area contributed by atoms with E-state index in [-0.39, 0.29) is 17.3 Å². The van der Waals surface area contributed by atoms with E-state index in [4.69, 9.17) is 40.5 Å². The lowest BCUT2D eigenvalue weighted by Gasteiger charge is -2.12. The predicted molar refractivity (Wildman–Crippen MR) is 141 cm³/mol. The zero-order valence-corrected chi connectivity index (χ0v) is 21.7. The number of carbonyl (C=O) groups is 1. The number of nitrogens with one attached hydrogen (secondary N) is 2. The molecule has 0 radical (unpaired) electrons. The van der Waals surface area contributed by atoms with Gasteiger partial charge < -0.3 is 16.4 Å². The summed E-state index contributed by atoms with van der Waals surface area (Å²) in [5, 5.41) is 7.69. The summed E-state index contributed by atoms with van der Waals surface area (Å²) in [5.41, 5.74) is 9.04. The van der Waals surface area contributed by atoms with E-state index in [1.54, 1.807) is 24.3 Å². The lowest BCUT2D eigenvalue weighted by atomic mass is 10.0. The van der Waals surface area contributed by atoms with Crippen LogP contribution >= 0.6 is 46.1 Å². The van der Waals surface area contributed by atoms with Crippen LogP contribution in [0.1, 0.15) is 34.7 Å². The molecule has 1 aliphatic rings. The molecule has 1 amide bonds. The van der Waals surface area contributed by atoms with Crippen LogP contribution in [-0.2, 0) is 10.7 Å². The molecule has 2 unspecified atom stereocenters. The molecule has 4 rings (SSSR count). The van der Waals surface area contributed by atoms with Gasteiger partial charge in [0.1, 0.15) is 15.0 Å². The number of benzene rings is 2. The third kappa shape index (κ3) is 5.40. The number of halogens is 5. The number of carbonyl (C=O) groups excluding carboxylic acids is 1. The van der Waals surface area contributed by atoms with Crippen molar-refractivity contribution in [1.82, 2.24) is 4.98 Å².